The molecule has 0 fully saturated rings. The van der Waals surface area contributed by atoms with Crippen molar-refractivity contribution in [3.05, 3.63) is 54.7 Å². The first-order valence-corrected chi connectivity index (χ1v) is 8.15. The fourth-order valence-corrected chi connectivity index (χ4v) is 2.67. The van der Waals surface area contributed by atoms with Gasteiger partial charge in [0.25, 0.3) is 5.91 Å². The van der Waals surface area contributed by atoms with Crippen LogP contribution in [0.5, 0.6) is 0 Å². The minimum atomic E-state index is -0.413. The number of rotatable bonds is 4. The third kappa shape index (κ3) is 3.30. The Hall–Kier alpha value is -3.88. The lowest BCUT2D eigenvalue weighted by Crippen LogP contribution is -2.13. The molecule has 0 aliphatic carbocycles. The van der Waals surface area contributed by atoms with Crippen LogP contribution in [0.15, 0.2) is 53.6 Å². The summed E-state index contributed by atoms with van der Waals surface area (Å²) in [5, 5.41) is 14.8. The number of anilines is 2. The van der Waals surface area contributed by atoms with E-state index < -0.39 is 5.91 Å². The average molecular weight is 363 g/mol. The summed E-state index contributed by atoms with van der Waals surface area (Å²) < 4.78 is 8.59. The van der Waals surface area contributed by atoms with Gasteiger partial charge in [0.2, 0.25) is 0 Å². The number of aromatic nitrogens is 5. The van der Waals surface area contributed by atoms with Crippen molar-refractivity contribution >= 4 is 17.3 Å². The second-order valence-corrected chi connectivity index (χ2v) is 6.14. The SMILES string of the molecule is Cn1cc(-c2ccc(N)c(NC(=O)c3cc(-c4cnn(C)c4)on3)c2)cn1. The fraction of sp³-hybridized carbons (Fsp3) is 0.111. The van der Waals surface area contributed by atoms with Gasteiger partial charge in [-0.3, -0.25) is 14.2 Å². The first kappa shape index (κ1) is 16.6. The van der Waals surface area contributed by atoms with Gasteiger partial charge in [-0.2, -0.15) is 10.2 Å². The van der Waals surface area contributed by atoms with Crippen LogP contribution in [0.3, 0.4) is 0 Å². The molecule has 0 saturated carbocycles. The number of nitrogens with zero attached hydrogens (tertiary/aromatic N) is 5. The van der Waals surface area contributed by atoms with E-state index >= 15 is 0 Å². The van der Waals surface area contributed by atoms with Crippen LogP contribution >= 0.6 is 0 Å². The monoisotopic (exact) mass is 363 g/mol. The van der Waals surface area contributed by atoms with E-state index in [1.54, 1.807) is 53.2 Å². The second-order valence-electron chi connectivity index (χ2n) is 6.14. The summed E-state index contributed by atoms with van der Waals surface area (Å²) in [5.74, 6) is 0.0502. The van der Waals surface area contributed by atoms with E-state index in [2.05, 4.69) is 20.7 Å². The van der Waals surface area contributed by atoms with E-state index in [9.17, 15) is 4.79 Å². The number of benzene rings is 1. The van der Waals surface area contributed by atoms with Crippen molar-refractivity contribution in [2.75, 3.05) is 11.1 Å². The maximum atomic E-state index is 12.5. The highest BCUT2D eigenvalue weighted by atomic mass is 16.5. The molecule has 0 atom stereocenters. The van der Waals surface area contributed by atoms with Crippen LogP contribution in [-0.4, -0.2) is 30.6 Å². The molecule has 4 rings (SSSR count). The molecule has 1 amide bonds. The van der Waals surface area contributed by atoms with Gasteiger partial charge in [0.1, 0.15) is 0 Å². The van der Waals surface area contributed by atoms with E-state index in [1.807, 2.05) is 19.3 Å². The van der Waals surface area contributed by atoms with Crippen LogP contribution in [0.25, 0.3) is 22.5 Å². The highest BCUT2D eigenvalue weighted by Crippen LogP contribution is 2.27. The normalized spacial score (nSPS) is 10.9. The van der Waals surface area contributed by atoms with E-state index in [0.29, 0.717) is 17.1 Å². The molecule has 0 radical (unpaired) electrons. The first-order valence-electron chi connectivity index (χ1n) is 8.15. The molecular formula is C18H17N7O2. The molecule has 3 N–H and O–H groups in total. The average Bonchev–Trinajstić information content (AvgIpc) is 3.37. The largest absolute Gasteiger partial charge is 0.397 e. The topological polar surface area (TPSA) is 117 Å². The summed E-state index contributed by atoms with van der Waals surface area (Å²) in [6.07, 6.45) is 7.04. The van der Waals surface area contributed by atoms with E-state index in [-0.39, 0.29) is 5.69 Å². The molecule has 9 nitrogen and oxygen atoms in total. The molecule has 27 heavy (non-hydrogen) atoms. The minimum absolute atomic E-state index is 0.153. The highest BCUT2D eigenvalue weighted by Gasteiger charge is 2.16. The number of nitrogen functional groups attached to an aromatic ring is 1. The Kier molecular flexibility index (Phi) is 3.96. The van der Waals surface area contributed by atoms with Gasteiger partial charge < -0.3 is 15.6 Å². The van der Waals surface area contributed by atoms with Gasteiger partial charge >= 0.3 is 0 Å². The third-order valence-corrected chi connectivity index (χ3v) is 4.07. The van der Waals surface area contributed by atoms with Crippen LogP contribution in [0.2, 0.25) is 0 Å². The summed E-state index contributed by atoms with van der Waals surface area (Å²) in [6.45, 7) is 0. The Labute approximate surface area is 154 Å². The number of hydrogen-bond donors (Lipinski definition) is 2. The van der Waals surface area contributed by atoms with E-state index in [1.165, 1.54) is 0 Å². The number of nitrogens with one attached hydrogen (secondary N) is 1. The van der Waals surface area contributed by atoms with E-state index in [0.717, 1.165) is 16.7 Å². The molecule has 136 valence electrons. The molecule has 0 spiro atoms. The summed E-state index contributed by atoms with van der Waals surface area (Å²) in [5.41, 5.74) is 9.66. The Morgan fingerprint density at radius 3 is 2.41 bits per heavy atom. The fourth-order valence-electron chi connectivity index (χ4n) is 2.67. The predicted octanol–water partition coefficient (Wildman–Crippen LogP) is 2.31. The van der Waals surface area contributed by atoms with Gasteiger partial charge in [-0.15, -0.1) is 0 Å². The zero-order valence-electron chi connectivity index (χ0n) is 14.7. The quantitative estimate of drug-likeness (QED) is 0.537. The standard InChI is InChI=1S/C18H17N7O2/c1-24-9-12(7-20-24)11-3-4-14(19)15(5-11)22-18(26)16-6-17(27-23-16)13-8-21-25(2)10-13/h3-10H,19H2,1-2H3,(H,22,26). The summed E-state index contributed by atoms with van der Waals surface area (Å²) in [4.78, 5) is 12.5. The lowest BCUT2D eigenvalue weighted by Gasteiger charge is -2.08. The van der Waals surface area contributed by atoms with Crippen LogP contribution in [0, 0.1) is 0 Å². The summed E-state index contributed by atoms with van der Waals surface area (Å²) in [6, 6.07) is 6.97. The number of aryl methyl sites for hydroxylation is 2. The van der Waals surface area contributed by atoms with Gasteiger partial charge in [-0.05, 0) is 17.7 Å². The van der Waals surface area contributed by atoms with Crippen molar-refractivity contribution in [2.45, 2.75) is 0 Å². The molecule has 0 saturated heterocycles. The zero-order chi connectivity index (χ0) is 19.0. The predicted molar refractivity (Wildman–Crippen MR) is 99.7 cm³/mol. The van der Waals surface area contributed by atoms with Crippen molar-refractivity contribution in [3.63, 3.8) is 0 Å². The van der Waals surface area contributed by atoms with Crippen molar-refractivity contribution < 1.29 is 9.32 Å². The van der Waals surface area contributed by atoms with Gasteiger partial charge in [0.05, 0.1) is 29.3 Å². The molecule has 0 aliphatic heterocycles. The van der Waals surface area contributed by atoms with Gasteiger partial charge in [-0.25, -0.2) is 0 Å². The van der Waals surface area contributed by atoms with Crippen LogP contribution in [-0.2, 0) is 14.1 Å². The maximum Gasteiger partial charge on any atom is 0.277 e. The summed E-state index contributed by atoms with van der Waals surface area (Å²) in [7, 11) is 3.64. The molecule has 0 aliphatic rings. The van der Waals surface area contributed by atoms with Gasteiger partial charge in [0, 0.05) is 38.1 Å². The number of amides is 1. The molecular weight excluding hydrogens is 346 g/mol. The smallest absolute Gasteiger partial charge is 0.277 e. The molecule has 9 heteroatoms. The molecule has 1 aromatic carbocycles. The highest BCUT2D eigenvalue weighted by molar-refractivity contribution is 6.05. The maximum absolute atomic E-state index is 12.5. The van der Waals surface area contributed by atoms with Gasteiger partial charge in [-0.1, -0.05) is 11.2 Å². The lowest BCUT2D eigenvalue weighted by atomic mass is 10.1. The number of hydrogen-bond acceptors (Lipinski definition) is 6. The number of carbonyl (C=O) groups is 1. The Bertz CT molecular complexity index is 1120. The third-order valence-electron chi connectivity index (χ3n) is 4.07. The van der Waals surface area contributed by atoms with Crippen molar-refractivity contribution in [1.29, 1.82) is 0 Å². The zero-order valence-corrected chi connectivity index (χ0v) is 14.7. The molecule has 3 aromatic heterocycles. The van der Waals surface area contributed by atoms with Gasteiger partial charge in [0.15, 0.2) is 11.5 Å². The minimum Gasteiger partial charge on any atom is -0.397 e. The lowest BCUT2D eigenvalue weighted by molar-refractivity contribution is 0.101. The Morgan fingerprint density at radius 1 is 1.04 bits per heavy atom. The molecule has 3 heterocycles. The molecule has 0 bridgehead atoms. The van der Waals surface area contributed by atoms with Crippen molar-refractivity contribution in [1.82, 2.24) is 24.7 Å². The Balaban J connectivity index is 1.57. The number of carbonyl (C=O) groups excluding carboxylic acids is 1. The Morgan fingerprint density at radius 2 is 1.74 bits per heavy atom. The van der Waals surface area contributed by atoms with Crippen LogP contribution < -0.4 is 11.1 Å². The van der Waals surface area contributed by atoms with Crippen LogP contribution in [0.4, 0.5) is 11.4 Å². The molecule has 4 aromatic rings. The number of nitrogens with two attached hydrogens (primary N) is 1. The molecule has 0 unspecified atom stereocenters. The van der Waals surface area contributed by atoms with Crippen molar-refractivity contribution in [3.8, 4) is 22.5 Å². The van der Waals surface area contributed by atoms with E-state index in [4.69, 9.17) is 10.3 Å². The van der Waals surface area contributed by atoms with Crippen LogP contribution in [0.1, 0.15) is 10.5 Å². The second kappa shape index (κ2) is 6.45. The summed E-state index contributed by atoms with van der Waals surface area (Å²) >= 11 is 0. The van der Waals surface area contributed by atoms with Crippen molar-refractivity contribution in [2.24, 2.45) is 14.1 Å². The first-order chi connectivity index (χ1) is 13.0.